The average Bonchev–Trinajstić information content (AvgIpc) is 2.54. The zero-order valence-corrected chi connectivity index (χ0v) is 6.20. The van der Waals surface area contributed by atoms with Crippen LogP contribution in [0.15, 0.2) is 41.0 Å². The van der Waals surface area contributed by atoms with Gasteiger partial charge in [-0.05, 0) is 12.1 Å². The molecular formula is C9H6FNO. The number of aromatic nitrogens is 1. The van der Waals surface area contributed by atoms with E-state index in [0.29, 0.717) is 5.89 Å². The molecule has 1 heterocycles. The predicted octanol–water partition coefficient (Wildman–Crippen LogP) is 2.48. The van der Waals surface area contributed by atoms with E-state index in [0.717, 1.165) is 11.8 Å². The summed E-state index contributed by atoms with van der Waals surface area (Å²) in [6.45, 7) is 0. The van der Waals surface area contributed by atoms with Crippen LogP contribution in [0.5, 0.6) is 0 Å². The summed E-state index contributed by atoms with van der Waals surface area (Å²) in [5.74, 6) is -0.276. The molecule has 0 radical (unpaired) electrons. The second-order valence-electron chi connectivity index (χ2n) is 2.34. The Morgan fingerprint density at radius 2 is 1.92 bits per heavy atom. The monoisotopic (exact) mass is 163 g/mol. The lowest BCUT2D eigenvalue weighted by Crippen LogP contribution is -1.76. The molecule has 0 N–H and O–H groups in total. The molecule has 1 aromatic heterocycles. The standard InChI is InChI=1S/C9H6FNO/c10-8-6-12-9(11-8)7-4-2-1-3-5-7/h1-6H. The predicted molar refractivity (Wildman–Crippen MR) is 41.9 cm³/mol. The van der Waals surface area contributed by atoms with Gasteiger partial charge >= 0.3 is 0 Å². The van der Waals surface area contributed by atoms with Gasteiger partial charge in [-0.2, -0.15) is 9.37 Å². The van der Waals surface area contributed by atoms with Crippen molar-refractivity contribution < 1.29 is 8.81 Å². The number of hydrogen-bond acceptors (Lipinski definition) is 2. The summed E-state index contributed by atoms with van der Waals surface area (Å²) in [5.41, 5.74) is 0.779. The molecule has 0 aliphatic carbocycles. The second kappa shape index (κ2) is 2.77. The van der Waals surface area contributed by atoms with Crippen LogP contribution >= 0.6 is 0 Å². The Balaban J connectivity index is 2.45. The van der Waals surface area contributed by atoms with Crippen molar-refractivity contribution >= 4 is 0 Å². The molecule has 3 heteroatoms. The van der Waals surface area contributed by atoms with Gasteiger partial charge in [0.05, 0.1) is 0 Å². The van der Waals surface area contributed by atoms with E-state index < -0.39 is 5.95 Å². The molecule has 2 aromatic rings. The maximum absolute atomic E-state index is 12.4. The third-order valence-corrected chi connectivity index (χ3v) is 1.50. The Morgan fingerprint density at radius 3 is 2.50 bits per heavy atom. The van der Waals surface area contributed by atoms with E-state index in [1.54, 1.807) is 0 Å². The Bertz CT molecular complexity index is 369. The number of benzene rings is 1. The molecule has 12 heavy (non-hydrogen) atoms. The van der Waals surface area contributed by atoms with Crippen molar-refractivity contribution in [1.82, 2.24) is 4.98 Å². The number of halogens is 1. The first-order valence-electron chi connectivity index (χ1n) is 3.53. The van der Waals surface area contributed by atoms with Gasteiger partial charge in [-0.3, -0.25) is 0 Å². The van der Waals surface area contributed by atoms with E-state index in [1.165, 1.54) is 0 Å². The number of nitrogens with zero attached hydrogens (tertiary/aromatic N) is 1. The van der Waals surface area contributed by atoms with Crippen molar-refractivity contribution in [3.63, 3.8) is 0 Å². The molecule has 60 valence electrons. The molecule has 0 bridgehead atoms. The number of hydrogen-bond donors (Lipinski definition) is 0. The molecule has 0 amide bonds. The van der Waals surface area contributed by atoms with Gasteiger partial charge in [-0.25, -0.2) is 0 Å². The van der Waals surface area contributed by atoms with Crippen LogP contribution < -0.4 is 0 Å². The van der Waals surface area contributed by atoms with Crippen molar-refractivity contribution in [2.45, 2.75) is 0 Å². The van der Waals surface area contributed by atoms with E-state index in [9.17, 15) is 4.39 Å². The Morgan fingerprint density at radius 1 is 1.17 bits per heavy atom. The largest absolute Gasteiger partial charge is 0.441 e. The van der Waals surface area contributed by atoms with E-state index in [4.69, 9.17) is 4.42 Å². The maximum Gasteiger partial charge on any atom is 0.251 e. The minimum absolute atomic E-state index is 0.313. The van der Waals surface area contributed by atoms with Crippen molar-refractivity contribution in [3.8, 4) is 11.5 Å². The highest BCUT2D eigenvalue weighted by molar-refractivity contribution is 5.51. The van der Waals surface area contributed by atoms with Crippen LogP contribution in [0, 0.1) is 5.95 Å². The maximum atomic E-state index is 12.4. The molecule has 1 aromatic carbocycles. The summed E-state index contributed by atoms with van der Waals surface area (Å²) in [5, 5.41) is 0. The zero-order chi connectivity index (χ0) is 8.39. The van der Waals surface area contributed by atoms with Crippen LogP contribution in [0.1, 0.15) is 0 Å². The molecule has 0 saturated heterocycles. The first-order chi connectivity index (χ1) is 5.86. The first-order valence-corrected chi connectivity index (χ1v) is 3.53. The van der Waals surface area contributed by atoms with E-state index in [1.807, 2.05) is 30.3 Å². The highest BCUT2D eigenvalue weighted by atomic mass is 19.1. The van der Waals surface area contributed by atoms with Crippen LogP contribution in [0.4, 0.5) is 4.39 Å². The van der Waals surface area contributed by atoms with Gasteiger partial charge in [0.1, 0.15) is 6.26 Å². The van der Waals surface area contributed by atoms with Gasteiger partial charge in [0.2, 0.25) is 5.89 Å². The molecule has 0 saturated carbocycles. The summed E-state index contributed by atoms with van der Waals surface area (Å²) in [6.07, 6.45) is 0.988. The van der Waals surface area contributed by atoms with Gasteiger partial charge in [0, 0.05) is 5.56 Å². The van der Waals surface area contributed by atoms with Crippen molar-refractivity contribution in [2.75, 3.05) is 0 Å². The molecule has 0 aliphatic heterocycles. The first kappa shape index (κ1) is 7.03. The number of rotatable bonds is 1. The summed E-state index contributed by atoms with van der Waals surface area (Å²) >= 11 is 0. The van der Waals surface area contributed by atoms with Crippen LogP contribution in [0.2, 0.25) is 0 Å². The van der Waals surface area contributed by atoms with Gasteiger partial charge in [0.15, 0.2) is 0 Å². The lowest BCUT2D eigenvalue weighted by atomic mass is 10.2. The SMILES string of the molecule is Fc1coc(-c2ccccc2)n1. The summed E-state index contributed by atoms with van der Waals surface area (Å²) in [4.78, 5) is 3.55. The molecule has 0 unspecified atom stereocenters. The van der Waals surface area contributed by atoms with Gasteiger partial charge < -0.3 is 4.42 Å². The molecule has 2 nitrogen and oxygen atoms in total. The Kier molecular flexibility index (Phi) is 1.63. The van der Waals surface area contributed by atoms with E-state index >= 15 is 0 Å². The van der Waals surface area contributed by atoms with E-state index in [2.05, 4.69) is 4.98 Å². The Hall–Kier alpha value is -1.64. The van der Waals surface area contributed by atoms with Crippen molar-refractivity contribution in [3.05, 3.63) is 42.5 Å². The smallest absolute Gasteiger partial charge is 0.251 e. The zero-order valence-electron chi connectivity index (χ0n) is 6.20. The summed E-state index contributed by atoms with van der Waals surface area (Å²) < 4.78 is 17.3. The van der Waals surface area contributed by atoms with Gasteiger partial charge in [-0.15, -0.1) is 0 Å². The topological polar surface area (TPSA) is 26.0 Å². The van der Waals surface area contributed by atoms with Crippen LogP contribution in [0.3, 0.4) is 0 Å². The van der Waals surface area contributed by atoms with Crippen molar-refractivity contribution in [1.29, 1.82) is 0 Å². The molecule has 0 aliphatic rings. The van der Waals surface area contributed by atoms with Gasteiger partial charge in [0.25, 0.3) is 5.95 Å². The van der Waals surface area contributed by atoms with Crippen LogP contribution in [-0.2, 0) is 0 Å². The molecule has 0 atom stereocenters. The highest BCUT2D eigenvalue weighted by Crippen LogP contribution is 2.16. The quantitative estimate of drug-likeness (QED) is 0.645. The van der Waals surface area contributed by atoms with Crippen LogP contribution in [0.25, 0.3) is 11.5 Å². The third kappa shape index (κ3) is 1.21. The average molecular weight is 163 g/mol. The fourth-order valence-electron chi connectivity index (χ4n) is 0.967. The summed E-state index contributed by atoms with van der Waals surface area (Å²) in [6, 6.07) is 9.19. The van der Waals surface area contributed by atoms with E-state index in [-0.39, 0.29) is 0 Å². The van der Waals surface area contributed by atoms with Gasteiger partial charge in [-0.1, -0.05) is 18.2 Å². The normalized spacial score (nSPS) is 10.1. The molecule has 2 rings (SSSR count). The second-order valence-corrected chi connectivity index (χ2v) is 2.34. The Labute approximate surface area is 68.7 Å². The minimum atomic E-state index is -0.589. The molecule has 0 fully saturated rings. The fraction of sp³-hybridized carbons (Fsp3) is 0. The molecular weight excluding hydrogens is 157 g/mol. The minimum Gasteiger partial charge on any atom is -0.441 e. The summed E-state index contributed by atoms with van der Waals surface area (Å²) in [7, 11) is 0. The fourth-order valence-corrected chi connectivity index (χ4v) is 0.967. The van der Waals surface area contributed by atoms with Crippen LogP contribution in [-0.4, -0.2) is 4.98 Å². The highest BCUT2D eigenvalue weighted by Gasteiger charge is 2.03. The molecule has 0 spiro atoms. The van der Waals surface area contributed by atoms with Crippen molar-refractivity contribution in [2.24, 2.45) is 0 Å². The number of oxazole rings is 1. The lowest BCUT2D eigenvalue weighted by molar-refractivity contribution is 0.540. The third-order valence-electron chi connectivity index (χ3n) is 1.50. The lowest BCUT2D eigenvalue weighted by Gasteiger charge is -1.90.